The largest absolute Gasteiger partial charge is 0.463 e. The second-order valence-electron chi connectivity index (χ2n) is 4.73. The van der Waals surface area contributed by atoms with Crippen molar-refractivity contribution in [2.45, 2.75) is 13.5 Å². The van der Waals surface area contributed by atoms with Gasteiger partial charge < -0.3 is 10.3 Å². The lowest BCUT2D eigenvalue weighted by molar-refractivity contribution is -0.141. The highest BCUT2D eigenvalue weighted by atomic mass is 16.5. The summed E-state index contributed by atoms with van der Waals surface area (Å²) >= 11 is 0. The number of benzene rings is 1. The van der Waals surface area contributed by atoms with Crippen molar-refractivity contribution >= 4 is 23.4 Å². The van der Waals surface area contributed by atoms with Crippen LogP contribution in [-0.2, 0) is 20.9 Å². The van der Waals surface area contributed by atoms with Gasteiger partial charge in [0.25, 0.3) is 0 Å². The minimum Gasteiger partial charge on any atom is -0.457 e. The van der Waals surface area contributed by atoms with Crippen molar-refractivity contribution in [3.8, 4) is 0 Å². The molecule has 0 spiro atoms. The summed E-state index contributed by atoms with van der Waals surface area (Å²) in [6, 6.07) is 14.3. The molecule has 24 heavy (non-hydrogen) atoms. The number of anilines is 1. The van der Waals surface area contributed by atoms with Crippen molar-refractivity contribution < 1.29 is 19.1 Å². The number of esters is 1. The van der Waals surface area contributed by atoms with Crippen LogP contribution in [0.2, 0.25) is 0 Å². The molecule has 2 rings (SSSR count). The molecule has 0 aliphatic rings. The maximum Gasteiger partial charge on any atom is 0.463 e. The average Bonchev–Trinajstić information content (AvgIpc) is 2.62. The highest BCUT2D eigenvalue weighted by Crippen LogP contribution is 2.15. The zero-order chi connectivity index (χ0) is 17.4. The Morgan fingerprint density at radius 2 is 1.88 bits per heavy atom. The van der Waals surface area contributed by atoms with Crippen LogP contribution in [0.5, 0.6) is 0 Å². The topological polar surface area (TPSA) is 95.9 Å². The first-order valence-corrected chi connectivity index (χ1v) is 7.33. The van der Waals surface area contributed by atoms with Crippen LogP contribution in [0.4, 0.5) is 5.82 Å². The van der Waals surface area contributed by atoms with Crippen LogP contribution >= 0.6 is 0 Å². The Morgan fingerprint density at radius 3 is 2.46 bits per heavy atom. The van der Waals surface area contributed by atoms with Crippen LogP contribution in [0.25, 0.3) is 5.53 Å². The van der Waals surface area contributed by atoms with Gasteiger partial charge in [-0.15, -0.1) is 0 Å². The molecule has 7 nitrogen and oxygen atoms in total. The third-order valence-electron chi connectivity index (χ3n) is 3.13. The number of hydrogen-bond acceptors (Lipinski definition) is 4. The maximum atomic E-state index is 12.7. The predicted molar refractivity (Wildman–Crippen MR) is 87.1 cm³/mol. The van der Waals surface area contributed by atoms with Gasteiger partial charge in [0.1, 0.15) is 5.82 Å². The highest BCUT2D eigenvalue weighted by Gasteiger charge is 2.36. The van der Waals surface area contributed by atoms with E-state index in [0.717, 1.165) is 5.56 Å². The molecule has 1 aromatic carbocycles. The van der Waals surface area contributed by atoms with Crippen molar-refractivity contribution in [3.05, 3.63) is 65.8 Å². The van der Waals surface area contributed by atoms with Gasteiger partial charge in [-0.3, -0.25) is 9.69 Å². The molecule has 0 N–H and O–H groups in total. The van der Waals surface area contributed by atoms with Crippen LogP contribution in [0.1, 0.15) is 12.5 Å². The lowest BCUT2D eigenvalue weighted by Gasteiger charge is -2.19. The van der Waals surface area contributed by atoms with E-state index in [9.17, 15) is 9.59 Å². The number of nitrogens with zero attached hydrogens (tertiary/aromatic N) is 4. The summed E-state index contributed by atoms with van der Waals surface area (Å²) in [7, 11) is 0. The molecule has 0 aliphatic heterocycles. The van der Waals surface area contributed by atoms with Gasteiger partial charge in [0.15, 0.2) is 0 Å². The Labute approximate surface area is 139 Å². The number of carbonyl (C=O) groups is 2. The summed E-state index contributed by atoms with van der Waals surface area (Å²) < 4.78 is 4.75. The molecule has 0 atom stereocenters. The molecule has 0 saturated heterocycles. The van der Waals surface area contributed by atoms with E-state index in [-0.39, 0.29) is 13.2 Å². The van der Waals surface area contributed by atoms with E-state index in [1.165, 1.54) is 11.1 Å². The summed E-state index contributed by atoms with van der Waals surface area (Å²) in [5, 5.41) is 0. The zero-order valence-corrected chi connectivity index (χ0v) is 13.1. The number of aromatic nitrogens is 1. The third-order valence-corrected chi connectivity index (χ3v) is 3.13. The van der Waals surface area contributed by atoms with Crippen LogP contribution in [0.3, 0.4) is 0 Å². The molecule has 122 valence electrons. The monoisotopic (exact) mass is 324 g/mol. The van der Waals surface area contributed by atoms with Crippen LogP contribution in [0.15, 0.2) is 54.7 Å². The quantitative estimate of drug-likeness (QED) is 0.266. The minimum atomic E-state index is -0.987. The first-order valence-electron chi connectivity index (χ1n) is 7.33. The van der Waals surface area contributed by atoms with E-state index in [0.29, 0.717) is 5.82 Å². The first-order chi connectivity index (χ1) is 11.7. The molecule has 7 heteroatoms. The Hall–Kier alpha value is -3.31. The molecule has 0 saturated carbocycles. The standard InChI is InChI=1S/C17H16N4O3/c1-2-24-17(23)15(20-18)16(22)21(14-10-6-7-11-19-14)12-13-8-4-3-5-9-13/h3-11H,2,12H2,1H3. The van der Waals surface area contributed by atoms with Gasteiger partial charge >= 0.3 is 17.6 Å². The number of rotatable bonds is 6. The van der Waals surface area contributed by atoms with E-state index in [1.54, 1.807) is 25.1 Å². The molecule has 0 radical (unpaired) electrons. The zero-order valence-electron chi connectivity index (χ0n) is 13.1. The number of hydrogen-bond donors (Lipinski definition) is 0. The highest BCUT2D eigenvalue weighted by molar-refractivity contribution is 6.64. The summed E-state index contributed by atoms with van der Waals surface area (Å²) in [5.41, 5.74) is 9.21. The Morgan fingerprint density at radius 1 is 1.17 bits per heavy atom. The minimum absolute atomic E-state index is 0.0629. The molecule has 0 aliphatic carbocycles. The predicted octanol–water partition coefficient (Wildman–Crippen LogP) is 1.85. The van der Waals surface area contributed by atoms with E-state index in [2.05, 4.69) is 9.77 Å². The van der Waals surface area contributed by atoms with Gasteiger partial charge in [-0.25, -0.2) is 9.78 Å². The lowest BCUT2D eigenvalue weighted by atomic mass is 10.2. The van der Waals surface area contributed by atoms with Gasteiger partial charge in [0.05, 0.1) is 13.2 Å². The van der Waals surface area contributed by atoms with Crippen molar-refractivity contribution in [2.24, 2.45) is 0 Å². The van der Waals surface area contributed by atoms with Gasteiger partial charge in [-0.1, -0.05) is 36.4 Å². The second kappa shape index (κ2) is 8.36. The lowest BCUT2D eigenvalue weighted by Crippen LogP contribution is -2.41. The molecule has 1 heterocycles. The van der Waals surface area contributed by atoms with Crippen molar-refractivity contribution in [3.63, 3.8) is 0 Å². The normalized spacial score (nSPS) is 9.71. The number of ether oxygens (including phenoxy) is 1. The van der Waals surface area contributed by atoms with Crippen molar-refractivity contribution in [2.75, 3.05) is 11.5 Å². The van der Waals surface area contributed by atoms with E-state index >= 15 is 0 Å². The summed E-state index contributed by atoms with van der Waals surface area (Å²) in [4.78, 5) is 32.7. The molecule has 0 unspecified atom stereocenters. The smallest absolute Gasteiger partial charge is 0.457 e. The van der Waals surface area contributed by atoms with Gasteiger partial charge in [0, 0.05) is 6.20 Å². The third kappa shape index (κ3) is 4.12. The summed E-state index contributed by atoms with van der Waals surface area (Å²) in [5.74, 6) is -1.45. The molecule has 2 aromatic rings. The Bertz CT molecular complexity index is 756. The van der Waals surface area contributed by atoms with Crippen LogP contribution < -0.4 is 4.90 Å². The number of amides is 1. The molecular formula is C17H16N4O3. The SMILES string of the molecule is CCOC(=O)C(=[N+]=[N-])C(=O)N(Cc1ccccc1)c1ccccn1. The Kier molecular flexibility index (Phi) is 5.94. The summed E-state index contributed by atoms with van der Waals surface area (Å²) in [6.07, 6.45) is 1.53. The van der Waals surface area contributed by atoms with E-state index in [1.807, 2.05) is 30.3 Å². The molecule has 0 fully saturated rings. The molecular weight excluding hydrogens is 308 g/mol. The fraction of sp³-hybridized carbons (Fsp3) is 0.176. The summed E-state index contributed by atoms with van der Waals surface area (Å²) in [6.45, 7) is 1.82. The van der Waals surface area contributed by atoms with Gasteiger partial charge in [-0.05, 0) is 24.6 Å². The second-order valence-corrected chi connectivity index (χ2v) is 4.73. The number of pyridine rings is 1. The first kappa shape index (κ1) is 17.1. The van der Waals surface area contributed by atoms with Gasteiger partial charge in [-0.2, -0.15) is 4.79 Å². The average molecular weight is 324 g/mol. The van der Waals surface area contributed by atoms with Crippen molar-refractivity contribution in [1.29, 1.82) is 0 Å². The maximum absolute atomic E-state index is 12.7. The fourth-order valence-electron chi connectivity index (χ4n) is 2.03. The van der Waals surface area contributed by atoms with Crippen LogP contribution in [0, 0.1) is 0 Å². The van der Waals surface area contributed by atoms with E-state index < -0.39 is 17.6 Å². The molecule has 1 amide bonds. The Balaban J connectivity index is 2.36. The molecule has 1 aromatic heterocycles. The molecule has 0 bridgehead atoms. The fourth-order valence-corrected chi connectivity index (χ4v) is 2.03. The van der Waals surface area contributed by atoms with E-state index in [4.69, 9.17) is 10.3 Å². The van der Waals surface area contributed by atoms with Crippen LogP contribution in [-0.4, -0.2) is 34.0 Å². The number of carbonyl (C=O) groups excluding carboxylic acids is 2. The van der Waals surface area contributed by atoms with Gasteiger partial charge in [0.2, 0.25) is 0 Å². The van der Waals surface area contributed by atoms with Crippen molar-refractivity contribution in [1.82, 2.24) is 4.98 Å².